The van der Waals surface area contributed by atoms with Crippen LogP contribution in [0.1, 0.15) is 27.7 Å². The summed E-state index contributed by atoms with van der Waals surface area (Å²) >= 11 is 0. The summed E-state index contributed by atoms with van der Waals surface area (Å²) in [5, 5.41) is 0. The number of ether oxygens (including phenoxy) is 2. The molecule has 4 nitrogen and oxygen atoms in total. The van der Waals surface area contributed by atoms with Crippen molar-refractivity contribution in [2.45, 2.75) is 33.3 Å². The molecule has 0 bridgehead atoms. The summed E-state index contributed by atoms with van der Waals surface area (Å²) in [6.07, 6.45) is 1.49. The van der Waals surface area contributed by atoms with E-state index in [2.05, 4.69) is 6.58 Å². The number of hydrogen-bond donors (Lipinski definition) is 0. The zero-order valence-corrected chi connectivity index (χ0v) is 10.2. The van der Waals surface area contributed by atoms with Crippen molar-refractivity contribution in [1.29, 1.82) is 0 Å². The second-order valence-electron chi connectivity index (χ2n) is 4.68. The van der Waals surface area contributed by atoms with Crippen LogP contribution in [0.2, 0.25) is 0 Å². The first-order valence-electron chi connectivity index (χ1n) is 5.33. The van der Waals surface area contributed by atoms with E-state index in [0.717, 1.165) is 0 Å². The van der Waals surface area contributed by atoms with Gasteiger partial charge in [-0.25, -0.2) is 0 Å². The molecule has 0 amide bonds. The number of esters is 2. The molecular formula is C12H18O4. The zero-order valence-electron chi connectivity index (χ0n) is 10.2. The van der Waals surface area contributed by atoms with Crippen molar-refractivity contribution in [2.75, 3.05) is 6.61 Å². The van der Waals surface area contributed by atoms with E-state index in [-0.39, 0.29) is 6.61 Å². The Bertz CT molecular complexity index is 332. The van der Waals surface area contributed by atoms with Crippen molar-refractivity contribution in [3.63, 3.8) is 0 Å². The molecular weight excluding hydrogens is 208 g/mol. The highest BCUT2D eigenvalue weighted by atomic mass is 16.6. The molecule has 2 atom stereocenters. The number of cyclic esters (lactones) is 1. The molecule has 0 saturated carbocycles. The third-order valence-corrected chi connectivity index (χ3v) is 3.06. The van der Waals surface area contributed by atoms with Gasteiger partial charge in [0.1, 0.15) is 11.5 Å². The molecule has 1 fully saturated rings. The largest absolute Gasteiger partial charge is 0.466 e. The Labute approximate surface area is 95.6 Å². The fraction of sp³-hybridized carbons (Fsp3) is 0.667. The summed E-state index contributed by atoms with van der Waals surface area (Å²) in [7, 11) is 0. The number of carbonyl (C=O) groups is 2. The van der Waals surface area contributed by atoms with Crippen LogP contribution in [0.3, 0.4) is 0 Å². The van der Waals surface area contributed by atoms with Crippen LogP contribution in [0.4, 0.5) is 0 Å². The third-order valence-electron chi connectivity index (χ3n) is 3.06. The van der Waals surface area contributed by atoms with Gasteiger partial charge in [-0.15, -0.1) is 0 Å². The summed E-state index contributed by atoms with van der Waals surface area (Å²) < 4.78 is 10.2. The van der Waals surface area contributed by atoms with Gasteiger partial charge in [0.25, 0.3) is 0 Å². The molecule has 1 aliphatic rings. The van der Waals surface area contributed by atoms with Crippen LogP contribution >= 0.6 is 0 Å². The predicted molar refractivity (Wildman–Crippen MR) is 58.6 cm³/mol. The molecule has 16 heavy (non-hydrogen) atoms. The molecule has 1 heterocycles. The lowest BCUT2D eigenvalue weighted by Crippen LogP contribution is -2.41. The van der Waals surface area contributed by atoms with E-state index in [1.54, 1.807) is 27.7 Å². The molecule has 0 aromatic carbocycles. The first-order valence-corrected chi connectivity index (χ1v) is 5.33. The average Bonchev–Trinajstić information content (AvgIpc) is 2.34. The third kappa shape index (κ3) is 1.72. The van der Waals surface area contributed by atoms with E-state index in [1.165, 1.54) is 6.08 Å². The average molecular weight is 226 g/mol. The molecule has 1 rings (SSSR count). The second-order valence-corrected chi connectivity index (χ2v) is 4.68. The molecule has 90 valence electrons. The van der Waals surface area contributed by atoms with Crippen molar-refractivity contribution in [3.8, 4) is 0 Å². The van der Waals surface area contributed by atoms with E-state index >= 15 is 0 Å². The highest BCUT2D eigenvalue weighted by Gasteiger charge is 2.60. The van der Waals surface area contributed by atoms with Crippen LogP contribution in [-0.2, 0) is 19.1 Å². The van der Waals surface area contributed by atoms with Crippen LogP contribution in [0.25, 0.3) is 0 Å². The fourth-order valence-corrected chi connectivity index (χ4v) is 2.14. The standard InChI is InChI=1S/C12H18O4/c1-6-12(5)8(9(13)15-7-2)11(3,4)10(14)16-12/h6,8H,1,7H2,2-5H3/t8-,12+/m0/s1. The molecule has 0 aromatic rings. The van der Waals surface area contributed by atoms with Crippen LogP contribution in [0.5, 0.6) is 0 Å². The van der Waals surface area contributed by atoms with Crippen LogP contribution < -0.4 is 0 Å². The quantitative estimate of drug-likeness (QED) is 0.543. The molecule has 4 heteroatoms. The summed E-state index contributed by atoms with van der Waals surface area (Å²) in [5.41, 5.74) is -1.86. The maximum absolute atomic E-state index is 11.9. The molecule has 0 unspecified atom stereocenters. The molecule has 0 radical (unpaired) electrons. The summed E-state index contributed by atoms with van der Waals surface area (Å²) in [6.45, 7) is 10.7. The smallest absolute Gasteiger partial charge is 0.314 e. The van der Waals surface area contributed by atoms with Crippen molar-refractivity contribution < 1.29 is 19.1 Å². The Morgan fingerprint density at radius 1 is 1.56 bits per heavy atom. The molecule has 1 aliphatic heterocycles. The molecule has 0 aromatic heterocycles. The maximum Gasteiger partial charge on any atom is 0.314 e. The first-order chi connectivity index (χ1) is 7.29. The Morgan fingerprint density at radius 3 is 2.56 bits per heavy atom. The van der Waals surface area contributed by atoms with Crippen LogP contribution in [0.15, 0.2) is 12.7 Å². The highest BCUT2D eigenvalue weighted by Crippen LogP contribution is 2.46. The van der Waals surface area contributed by atoms with E-state index in [0.29, 0.717) is 0 Å². The molecule has 0 spiro atoms. The number of hydrogen-bond acceptors (Lipinski definition) is 4. The monoisotopic (exact) mass is 226 g/mol. The van der Waals surface area contributed by atoms with Gasteiger partial charge in [0, 0.05) is 0 Å². The van der Waals surface area contributed by atoms with E-state index in [1.807, 2.05) is 0 Å². The fourth-order valence-electron chi connectivity index (χ4n) is 2.14. The van der Waals surface area contributed by atoms with Gasteiger partial charge in [-0.1, -0.05) is 6.58 Å². The zero-order chi connectivity index (χ0) is 12.6. The number of rotatable bonds is 3. The van der Waals surface area contributed by atoms with Crippen LogP contribution in [-0.4, -0.2) is 24.1 Å². The molecule has 0 aliphatic carbocycles. The Kier molecular flexibility index (Phi) is 3.13. The van der Waals surface area contributed by atoms with Gasteiger partial charge >= 0.3 is 11.9 Å². The Balaban J connectivity index is 3.13. The van der Waals surface area contributed by atoms with Gasteiger partial charge in [0.15, 0.2) is 0 Å². The normalized spacial score (nSPS) is 32.0. The second kappa shape index (κ2) is 3.92. The number of carbonyl (C=O) groups excluding carboxylic acids is 2. The van der Waals surface area contributed by atoms with Crippen molar-refractivity contribution in [1.82, 2.24) is 0 Å². The summed E-state index contributed by atoms with van der Waals surface area (Å²) in [5.74, 6) is -1.46. The van der Waals surface area contributed by atoms with Crippen molar-refractivity contribution in [2.24, 2.45) is 11.3 Å². The summed E-state index contributed by atoms with van der Waals surface area (Å²) in [4.78, 5) is 23.6. The lowest BCUT2D eigenvalue weighted by Gasteiger charge is -2.28. The topological polar surface area (TPSA) is 52.6 Å². The van der Waals surface area contributed by atoms with Crippen molar-refractivity contribution >= 4 is 11.9 Å². The lowest BCUT2D eigenvalue weighted by molar-refractivity contribution is -0.154. The predicted octanol–water partition coefficient (Wildman–Crippen LogP) is 1.69. The van der Waals surface area contributed by atoms with Gasteiger partial charge in [-0.3, -0.25) is 9.59 Å². The van der Waals surface area contributed by atoms with Crippen molar-refractivity contribution in [3.05, 3.63) is 12.7 Å². The minimum Gasteiger partial charge on any atom is -0.466 e. The summed E-state index contributed by atoms with van der Waals surface area (Å²) in [6, 6.07) is 0. The van der Waals surface area contributed by atoms with Gasteiger partial charge in [0.05, 0.1) is 12.0 Å². The molecule has 1 saturated heterocycles. The van der Waals surface area contributed by atoms with Gasteiger partial charge in [0.2, 0.25) is 0 Å². The Morgan fingerprint density at radius 2 is 2.12 bits per heavy atom. The SMILES string of the molecule is C=C[C@@]1(C)OC(=O)C(C)(C)[C@@H]1C(=O)OCC. The maximum atomic E-state index is 11.9. The first kappa shape index (κ1) is 12.7. The van der Waals surface area contributed by atoms with E-state index in [4.69, 9.17) is 9.47 Å². The van der Waals surface area contributed by atoms with Gasteiger partial charge in [-0.05, 0) is 33.8 Å². The van der Waals surface area contributed by atoms with E-state index in [9.17, 15) is 9.59 Å². The highest BCUT2D eigenvalue weighted by molar-refractivity contribution is 5.89. The lowest BCUT2D eigenvalue weighted by atomic mass is 9.73. The molecule has 0 N–H and O–H groups in total. The Hall–Kier alpha value is -1.32. The van der Waals surface area contributed by atoms with Crippen LogP contribution in [0, 0.1) is 11.3 Å². The minimum atomic E-state index is -0.979. The minimum absolute atomic E-state index is 0.285. The van der Waals surface area contributed by atoms with E-state index < -0.39 is 28.9 Å². The van der Waals surface area contributed by atoms with Gasteiger partial charge < -0.3 is 9.47 Å². The van der Waals surface area contributed by atoms with Gasteiger partial charge in [-0.2, -0.15) is 0 Å².